The number of nitrogens with one attached hydrogen (secondary N) is 3. The Bertz CT molecular complexity index is 733. The molecule has 3 N–H and O–H groups in total. The van der Waals surface area contributed by atoms with Crippen molar-refractivity contribution in [3.05, 3.63) is 33.9 Å². The van der Waals surface area contributed by atoms with Gasteiger partial charge in [-0.15, -0.1) is 11.3 Å². The lowest BCUT2D eigenvalue weighted by molar-refractivity contribution is 0.0948. The van der Waals surface area contributed by atoms with Crippen LogP contribution in [-0.2, 0) is 0 Å². The summed E-state index contributed by atoms with van der Waals surface area (Å²) in [6.07, 6.45) is 0.976. The largest absolute Gasteiger partial charge is 0.361 e. The number of hydrazine groups is 1. The van der Waals surface area contributed by atoms with Gasteiger partial charge in [-0.3, -0.25) is 15.6 Å². The fourth-order valence-corrected chi connectivity index (χ4v) is 3.46. The molecule has 2 rings (SSSR count). The van der Waals surface area contributed by atoms with Gasteiger partial charge in [0.2, 0.25) is 0 Å². The summed E-state index contributed by atoms with van der Waals surface area (Å²) in [5.41, 5.74) is 5.13. The standard InChI is InChI=1S/C15H17ClFN3OS2/c1-8(2)5-6-18-15(22)20-19-14(21)13-12(16)10-4-3-9(17)7-11(10)23-13/h3-4,7-8H,5-6H2,1-2H3,(H,19,21)(H2,18,20,22). The van der Waals surface area contributed by atoms with Crippen LogP contribution in [0.1, 0.15) is 29.9 Å². The Morgan fingerprint density at radius 1 is 1.39 bits per heavy atom. The molecule has 0 saturated carbocycles. The topological polar surface area (TPSA) is 53.2 Å². The van der Waals surface area contributed by atoms with E-state index in [1.165, 1.54) is 12.1 Å². The summed E-state index contributed by atoms with van der Waals surface area (Å²) in [6.45, 7) is 4.96. The number of rotatable bonds is 4. The SMILES string of the molecule is CC(C)CCNC(=S)NNC(=O)c1sc2cc(F)ccc2c1Cl. The van der Waals surface area contributed by atoms with Crippen molar-refractivity contribution in [3.63, 3.8) is 0 Å². The molecule has 0 aliphatic heterocycles. The molecule has 0 bridgehead atoms. The fraction of sp³-hybridized carbons (Fsp3) is 0.333. The summed E-state index contributed by atoms with van der Waals surface area (Å²) < 4.78 is 13.9. The summed E-state index contributed by atoms with van der Waals surface area (Å²) in [5, 5.41) is 4.29. The maximum Gasteiger partial charge on any atom is 0.281 e. The highest BCUT2D eigenvalue weighted by Gasteiger charge is 2.17. The zero-order valence-corrected chi connectivity index (χ0v) is 15.1. The van der Waals surface area contributed by atoms with Crippen LogP contribution in [0.4, 0.5) is 4.39 Å². The predicted octanol–water partition coefficient (Wildman–Crippen LogP) is 3.85. The number of halogens is 2. The Morgan fingerprint density at radius 2 is 2.13 bits per heavy atom. The van der Waals surface area contributed by atoms with Gasteiger partial charge in [0.05, 0.1) is 5.02 Å². The quantitative estimate of drug-likeness (QED) is 0.563. The van der Waals surface area contributed by atoms with Crippen molar-refractivity contribution in [2.75, 3.05) is 6.54 Å². The normalized spacial score (nSPS) is 10.8. The number of fused-ring (bicyclic) bond motifs is 1. The second-order valence-electron chi connectivity index (χ2n) is 5.40. The lowest BCUT2D eigenvalue weighted by atomic mass is 10.1. The minimum atomic E-state index is -0.412. The molecule has 124 valence electrons. The number of thiocarbonyl (C=S) groups is 1. The van der Waals surface area contributed by atoms with E-state index in [9.17, 15) is 9.18 Å². The van der Waals surface area contributed by atoms with Crippen LogP contribution in [-0.4, -0.2) is 17.6 Å². The maximum absolute atomic E-state index is 13.2. The van der Waals surface area contributed by atoms with Gasteiger partial charge < -0.3 is 5.32 Å². The van der Waals surface area contributed by atoms with Crippen LogP contribution in [0.2, 0.25) is 5.02 Å². The Labute approximate surface area is 148 Å². The lowest BCUT2D eigenvalue weighted by Gasteiger charge is -2.12. The Hall–Kier alpha value is -1.44. The van der Waals surface area contributed by atoms with Gasteiger partial charge in [0.15, 0.2) is 5.11 Å². The van der Waals surface area contributed by atoms with Crippen molar-refractivity contribution < 1.29 is 9.18 Å². The third-order valence-corrected chi connectivity index (χ3v) is 5.00. The van der Waals surface area contributed by atoms with Gasteiger partial charge in [-0.25, -0.2) is 4.39 Å². The van der Waals surface area contributed by atoms with Gasteiger partial charge in [0.1, 0.15) is 10.7 Å². The first-order valence-corrected chi connectivity index (χ1v) is 8.70. The molecular weight excluding hydrogens is 357 g/mol. The van der Waals surface area contributed by atoms with E-state index in [0.29, 0.717) is 31.0 Å². The highest BCUT2D eigenvalue weighted by molar-refractivity contribution is 7.80. The van der Waals surface area contributed by atoms with E-state index in [2.05, 4.69) is 30.0 Å². The predicted molar refractivity (Wildman–Crippen MR) is 97.5 cm³/mol. The molecule has 0 saturated heterocycles. The van der Waals surface area contributed by atoms with Gasteiger partial charge in [0.25, 0.3) is 5.91 Å². The summed E-state index contributed by atoms with van der Waals surface area (Å²) in [6, 6.07) is 4.23. The minimum Gasteiger partial charge on any atom is -0.361 e. The summed E-state index contributed by atoms with van der Waals surface area (Å²) in [5.74, 6) is -0.210. The van der Waals surface area contributed by atoms with Gasteiger partial charge in [-0.05, 0) is 42.8 Å². The number of amides is 1. The second kappa shape index (κ2) is 7.90. The molecule has 0 fully saturated rings. The molecule has 0 unspecified atom stereocenters. The molecule has 0 spiro atoms. The van der Waals surface area contributed by atoms with E-state index in [1.54, 1.807) is 6.07 Å². The van der Waals surface area contributed by atoms with Crippen LogP contribution in [0.5, 0.6) is 0 Å². The van der Waals surface area contributed by atoms with Crippen molar-refractivity contribution >= 4 is 56.3 Å². The van der Waals surface area contributed by atoms with Crippen molar-refractivity contribution in [3.8, 4) is 0 Å². The molecule has 0 radical (unpaired) electrons. The van der Waals surface area contributed by atoms with Gasteiger partial charge >= 0.3 is 0 Å². The average Bonchev–Trinajstić information content (AvgIpc) is 2.81. The highest BCUT2D eigenvalue weighted by Crippen LogP contribution is 2.35. The minimum absolute atomic E-state index is 0.308. The van der Waals surface area contributed by atoms with Crippen molar-refractivity contribution in [1.29, 1.82) is 0 Å². The number of benzene rings is 1. The molecule has 2 aromatic rings. The summed E-state index contributed by atoms with van der Waals surface area (Å²) >= 11 is 12.4. The van der Waals surface area contributed by atoms with E-state index < -0.39 is 5.91 Å². The first-order valence-electron chi connectivity index (χ1n) is 7.10. The van der Waals surface area contributed by atoms with Crippen LogP contribution in [0.3, 0.4) is 0 Å². The Kier molecular flexibility index (Phi) is 6.15. The highest BCUT2D eigenvalue weighted by atomic mass is 35.5. The third kappa shape index (κ3) is 4.76. The van der Waals surface area contributed by atoms with Crippen LogP contribution in [0, 0.1) is 11.7 Å². The number of hydrogen-bond acceptors (Lipinski definition) is 3. The van der Waals surface area contributed by atoms with Crippen LogP contribution >= 0.6 is 35.2 Å². The van der Waals surface area contributed by atoms with E-state index in [-0.39, 0.29) is 5.82 Å². The maximum atomic E-state index is 13.2. The Morgan fingerprint density at radius 3 is 2.83 bits per heavy atom. The molecule has 1 heterocycles. The monoisotopic (exact) mass is 373 g/mol. The average molecular weight is 374 g/mol. The van der Waals surface area contributed by atoms with Gasteiger partial charge in [0, 0.05) is 16.6 Å². The van der Waals surface area contributed by atoms with Crippen LogP contribution < -0.4 is 16.2 Å². The van der Waals surface area contributed by atoms with Crippen molar-refractivity contribution in [2.24, 2.45) is 5.92 Å². The van der Waals surface area contributed by atoms with Crippen LogP contribution in [0.15, 0.2) is 18.2 Å². The molecule has 23 heavy (non-hydrogen) atoms. The van der Waals surface area contributed by atoms with E-state index in [0.717, 1.165) is 24.3 Å². The molecule has 0 atom stereocenters. The first-order chi connectivity index (χ1) is 10.9. The number of carbonyl (C=O) groups excluding carboxylic acids is 1. The molecule has 1 aromatic heterocycles. The smallest absolute Gasteiger partial charge is 0.281 e. The third-order valence-electron chi connectivity index (χ3n) is 3.09. The lowest BCUT2D eigenvalue weighted by Crippen LogP contribution is -2.46. The summed E-state index contributed by atoms with van der Waals surface area (Å²) in [4.78, 5) is 12.5. The second-order valence-corrected chi connectivity index (χ2v) is 7.24. The molecule has 4 nitrogen and oxygen atoms in total. The van der Waals surface area contributed by atoms with E-state index >= 15 is 0 Å². The molecule has 1 aromatic carbocycles. The number of hydrogen-bond donors (Lipinski definition) is 3. The van der Waals surface area contributed by atoms with E-state index in [1.807, 2.05) is 0 Å². The number of carbonyl (C=O) groups is 1. The van der Waals surface area contributed by atoms with Gasteiger partial charge in [-0.1, -0.05) is 25.4 Å². The van der Waals surface area contributed by atoms with Crippen molar-refractivity contribution in [2.45, 2.75) is 20.3 Å². The molecule has 8 heteroatoms. The Balaban J connectivity index is 1.96. The van der Waals surface area contributed by atoms with Gasteiger partial charge in [-0.2, -0.15) is 0 Å². The number of thiophene rings is 1. The van der Waals surface area contributed by atoms with Crippen LogP contribution in [0.25, 0.3) is 10.1 Å². The van der Waals surface area contributed by atoms with Crippen molar-refractivity contribution in [1.82, 2.24) is 16.2 Å². The van der Waals surface area contributed by atoms with E-state index in [4.69, 9.17) is 23.8 Å². The molecule has 1 amide bonds. The molecule has 0 aliphatic rings. The fourth-order valence-electron chi connectivity index (χ4n) is 1.87. The zero-order chi connectivity index (χ0) is 17.0. The molecular formula is C15H17ClFN3OS2. The zero-order valence-electron chi connectivity index (χ0n) is 12.7. The summed E-state index contributed by atoms with van der Waals surface area (Å²) in [7, 11) is 0. The molecule has 0 aliphatic carbocycles. The first kappa shape index (κ1) is 17.9.